The van der Waals surface area contributed by atoms with Crippen LogP contribution in [0.3, 0.4) is 0 Å². The first-order chi connectivity index (χ1) is 9.00. The minimum Gasteiger partial charge on any atom is -0.166 e. The number of hydrogen-bond donors (Lipinski definition) is 0. The maximum absolute atomic E-state index is 12.6. The molecule has 0 aliphatic carbocycles. The smallest absolute Gasteiger partial charge is 0.166 e. The van der Waals surface area contributed by atoms with Crippen LogP contribution in [0.1, 0.15) is 22.3 Å². The van der Waals surface area contributed by atoms with Crippen LogP contribution in [0.25, 0.3) is 6.08 Å². The van der Waals surface area contributed by atoms with E-state index in [1.807, 2.05) is 24.3 Å². The van der Waals surface area contributed by atoms with Crippen molar-refractivity contribution in [1.29, 1.82) is 0 Å². The summed E-state index contributed by atoms with van der Waals surface area (Å²) >= 11 is 0. The molecule has 0 atom stereocenters. The fourth-order valence-corrected chi connectivity index (χ4v) is 1.97. The summed E-state index contributed by atoms with van der Waals surface area (Å²) in [6, 6.07) is 13.0. The second kappa shape index (κ2) is 5.31. The Morgan fingerprint density at radius 3 is 2.42 bits per heavy atom. The normalized spacial score (nSPS) is 11.3. The first-order valence-corrected chi connectivity index (χ1v) is 5.87. The lowest BCUT2D eigenvalue weighted by molar-refractivity contribution is -0.137. The van der Waals surface area contributed by atoms with Crippen LogP contribution >= 0.6 is 0 Å². The number of hydrogen-bond acceptors (Lipinski definition) is 0. The van der Waals surface area contributed by atoms with Crippen molar-refractivity contribution >= 4 is 6.08 Å². The standard InChI is InChI=1S/C16H13F3/c1-2-13-7-3-4-8-14(13)10-12-6-5-9-15(11-12)16(17,18)19/h2-9,11H,1,10H2. The molecular weight excluding hydrogens is 249 g/mol. The van der Waals surface area contributed by atoms with Crippen LogP contribution in [-0.4, -0.2) is 0 Å². The molecule has 0 unspecified atom stereocenters. The van der Waals surface area contributed by atoms with Crippen LogP contribution in [0.15, 0.2) is 55.1 Å². The average molecular weight is 262 g/mol. The molecule has 0 radical (unpaired) electrons. The molecule has 2 rings (SSSR count). The fraction of sp³-hybridized carbons (Fsp3) is 0.125. The largest absolute Gasteiger partial charge is 0.416 e. The lowest BCUT2D eigenvalue weighted by Gasteiger charge is -2.10. The number of rotatable bonds is 3. The Morgan fingerprint density at radius 1 is 1.00 bits per heavy atom. The first-order valence-electron chi connectivity index (χ1n) is 5.87. The van der Waals surface area contributed by atoms with Crippen molar-refractivity contribution in [3.8, 4) is 0 Å². The Labute approximate surface area is 110 Å². The summed E-state index contributed by atoms with van der Waals surface area (Å²) in [6.07, 6.45) is -2.12. The highest BCUT2D eigenvalue weighted by Gasteiger charge is 2.30. The first kappa shape index (κ1) is 13.4. The zero-order valence-electron chi connectivity index (χ0n) is 10.2. The van der Waals surface area contributed by atoms with Gasteiger partial charge in [0.1, 0.15) is 0 Å². The molecule has 98 valence electrons. The predicted molar refractivity (Wildman–Crippen MR) is 70.8 cm³/mol. The summed E-state index contributed by atoms with van der Waals surface area (Å²) in [5.74, 6) is 0. The van der Waals surface area contributed by atoms with Gasteiger partial charge in [-0.05, 0) is 29.2 Å². The van der Waals surface area contributed by atoms with Crippen LogP contribution in [0.2, 0.25) is 0 Å². The Morgan fingerprint density at radius 2 is 1.74 bits per heavy atom. The van der Waals surface area contributed by atoms with E-state index in [0.29, 0.717) is 12.0 Å². The van der Waals surface area contributed by atoms with E-state index in [1.54, 1.807) is 12.1 Å². The van der Waals surface area contributed by atoms with E-state index in [-0.39, 0.29) is 0 Å². The minimum absolute atomic E-state index is 0.464. The summed E-state index contributed by atoms with van der Waals surface area (Å²) in [4.78, 5) is 0. The highest BCUT2D eigenvalue weighted by molar-refractivity contribution is 5.53. The zero-order chi connectivity index (χ0) is 13.9. The van der Waals surface area contributed by atoms with Gasteiger partial charge in [0, 0.05) is 0 Å². The third-order valence-electron chi connectivity index (χ3n) is 2.92. The maximum Gasteiger partial charge on any atom is 0.416 e. The lowest BCUT2D eigenvalue weighted by Crippen LogP contribution is -2.05. The Bertz CT molecular complexity index is 583. The SMILES string of the molecule is C=Cc1ccccc1Cc1cccc(C(F)(F)F)c1. The molecule has 0 aliphatic rings. The molecule has 0 aromatic heterocycles. The van der Waals surface area contributed by atoms with Gasteiger partial charge in [-0.1, -0.05) is 55.1 Å². The van der Waals surface area contributed by atoms with E-state index in [1.165, 1.54) is 12.1 Å². The molecule has 2 aromatic rings. The van der Waals surface area contributed by atoms with Crippen LogP contribution in [-0.2, 0) is 12.6 Å². The third-order valence-corrected chi connectivity index (χ3v) is 2.92. The predicted octanol–water partition coefficient (Wildman–Crippen LogP) is 4.94. The monoisotopic (exact) mass is 262 g/mol. The van der Waals surface area contributed by atoms with Crippen molar-refractivity contribution in [2.75, 3.05) is 0 Å². The number of halogens is 3. The van der Waals surface area contributed by atoms with E-state index in [4.69, 9.17) is 0 Å². The van der Waals surface area contributed by atoms with Crippen molar-refractivity contribution in [2.24, 2.45) is 0 Å². The molecule has 2 aromatic carbocycles. The quantitative estimate of drug-likeness (QED) is 0.735. The van der Waals surface area contributed by atoms with Gasteiger partial charge in [0.05, 0.1) is 5.56 Å². The van der Waals surface area contributed by atoms with Gasteiger partial charge in [-0.15, -0.1) is 0 Å². The fourth-order valence-electron chi connectivity index (χ4n) is 1.97. The van der Waals surface area contributed by atoms with E-state index >= 15 is 0 Å². The molecule has 0 N–H and O–H groups in total. The van der Waals surface area contributed by atoms with Crippen molar-refractivity contribution in [2.45, 2.75) is 12.6 Å². The summed E-state index contributed by atoms with van der Waals surface area (Å²) in [7, 11) is 0. The summed E-state index contributed by atoms with van der Waals surface area (Å²) < 4.78 is 37.9. The van der Waals surface area contributed by atoms with Crippen molar-refractivity contribution < 1.29 is 13.2 Å². The summed E-state index contributed by atoms with van der Waals surface area (Å²) in [5.41, 5.74) is 1.95. The molecule has 19 heavy (non-hydrogen) atoms. The van der Waals surface area contributed by atoms with Crippen molar-refractivity contribution in [1.82, 2.24) is 0 Å². The molecule has 0 spiro atoms. The van der Waals surface area contributed by atoms with Gasteiger partial charge in [0.2, 0.25) is 0 Å². The Hall–Kier alpha value is -2.03. The van der Waals surface area contributed by atoms with Crippen molar-refractivity contribution in [3.63, 3.8) is 0 Å². The molecule has 0 saturated heterocycles. The lowest BCUT2D eigenvalue weighted by atomic mass is 9.98. The molecule has 0 nitrogen and oxygen atoms in total. The Kier molecular flexibility index (Phi) is 3.74. The number of alkyl halides is 3. The van der Waals surface area contributed by atoms with Gasteiger partial charge in [-0.3, -0.25) is 0 Å². The molecule has 0 aliphatic heterocycles. The molecule has 0 bridgehead atoms. The molecule has 0 heterocycles. The molecule has 0 saturated carbocycles. The highest BCUT2D eigenvalue weighted by Crippen LogP contribution is 2.30. The van der Waals surface area contributed by atoms with Gasteiger partial charge in [-0.2, -0.15) is 13.2 Å². The Balaban J connectivity index is 2.31. The average Bonchev–Trinajstić information content (AvgIpc) is 2.39. The van der Waals surface area contributed by atoms with Gasteiger partial charge >= 0.3 is 6.18 Å². The summed E-state index contributed by atoms with van der Waals surface area (Å²) in [6.45, 7) is 3.71. The van der Waals surface area contributed by atoms with E-state index in [0.717, 1.165) is 17.2 Å². The van der Waals surface area contributed by atoms with Crippen LogP contribution in [0.4, 0.5) is 13.2 Å². The minimum atomic E-state index is -4.30. The third kappa shape index (κ3) is 3.25. The number of benzene rings is 2. The van der Waals surface area contributed by atoms with Crippen LogP contribution in [0, 0.1) is 0 Å². The van der Waals surface area contributed by atoms with E-state index < -0.39 is 11.7 Å². The molecule has 0 amide bonds. The highest BCUT2D eigenvalue weighted by atomic mass is 19.4. The molecule has 0 fully saturated rings. The van der Waals surface area contributed by atoms with Gasteiger partial charge < -0.3 is 0 Å². The topological polar surface area (TPSA) is 0 Å². The van der Waals surface area contributed by atoms with Gasteiger partial charge in [0.25, 0.3) is 0 Å². The molecular formula is C16H13F3. The summed E-state index contributed by atoms with van der Waals surface area (Å²) in [5, 5.41) is 0. The van der Waals surface area contributed by atoms with E-state index in [2.05, 4.69) is 6.58 Å². The second-order valence-corrected chi connectivity index (χ2v) is 4.28. The van der Waals surface area contributed by atoms with Gasteiger partial charge in [0.15, 0.2) is 0 Å². The maximum atomic E-state index is 12.6. The zero-order valence-corrected chi connectivity index (χ0v) is 10.2. The molecule has 3 heteroatoms. The van der Waals surface area contributed by atoms with Gasteiger partial charge in [-0.25, -0.2) is 0 Å². The van der Waals surface area contributed by atoms with Crippen LogP contribution in [0.5, 0.6) is 0 Å². The van der Waals surface area contributed by atoms with E-state index in [9.17, 15) is 13.2 Å². The van der Waals surface area contributed by atoms with Crippen molar-refractivity contribution in [3.05, 3.63) is 77.4 Å². The van der Waals surface area contributed by atoms with Crippen LogP contribution < -0.4 is 0 Å². The second-order valence-electron chi connectivity index (χ2n) is 4.28.